The zero-order chi connectivity index (χ0) is 26.1. The van der Waals surface area contributed by atoms with E-state index in [0.717, 1.165) is 0 Å². The molecule has 0 aromatic heterocycles. The average Bonchev–Trinajstić information content (AvgIpc) is 3.64. The summed E-state index contributed by atoms with van der Waals surface area (Å²) in [4.78, 5) is 10.3. The van der Waals surface area contributed by atoms with Crippen LogP contribution in [0.4, 0.5) is 0 Å². The third-order valence-electron chi connectivity index (χ3n) is 8.03. The monoisotopic (exact) mass is 509 g/mol. The fourth-order valence-corrected chi connectivity index (χ4v) is 5.77. The number of unbranched alkanes of at least 4 members (excludes halogenated alkanes) is 2. The zero-order valence-corrected chi connectivity index (χ0v) is 25.6. The van der Waals surface area contributed by atoms with Crippen molar-refractivity contribution in [2.24, 2.45) is 0 Å². The van der Waals surface area contributed by atoms with Gasteiger partial charge in [-0.2, -0.15) is 0 Å². The molecule has 4 aliphatic heterocycles. The van der Waals surface area contributed by atoms with Crippen molar-refractivity contribution >= 4 is 0 Å². The molecule has 4 aliphatic rings. The summed E-state index contributed by atoms with van der Waals surface area (Å²) in [6.45, 7) is 25.2. The molecule has 0 radical (unpaired) electrons. The van der Waals surface area contributed by atoms with Crippen LogP contribution in [0.25, 0.3) is 0 Å². The molecule has 4 heteroatoms. The first-order valence-corrected chi connectivity index (χ1v) is 16.6. The number of rotatable bonds is 10. The number of piperidine rings is 2. The molecule has 4 nitrogen and oxygen atoms in total. The van der Waals surface area contributed by atoms with Crippen molar-refractivity contribution in [1.29, 1.82) is 0 Å². The first-order chi connectivity index (χ1) is 17.7. The fraction of sp³-hybridized carbons (Fsp3) is 1.00. The van der Waals surface area contributed by atoms with Gasteiger partial charge in [-0.1, -0.05) is 53.4 Å². The Morgan fingerprint density at radius 2 is 0.556 bits per heavy atom. The highest BCUT2D eigenvalue weighted by Gasteiger charge is 2.10. The second kappa shape index (κ2) is 25.1. The van der Waals surface area contributed by atoms with Gasteiger partial charge in [0, 0.05) is 0 Å². The molecule has 0 bridgehead atoms. The summed E-state index contributed by atoms with van der Waals surface area (Å²) < 4.78 is 0. The molecular formula is C32H68N4. The molecule has 0 N–H and O–H groups in total. The molecule has 4 fully saturated rings. The van der Waals surface area contributed by atoms with Crippen molar-refractivity contribution < 1.29 is 0 Å². The largest absolute Gasteiger partial charge is 0.303 e. The highest BCUT2D eigenvalue weighted by Crippen LogP contribution is 2.10. The lowest BCUT2D eigenvalue weighted by Crippen LogP contribution is -2.30. The van der Waals surface area contributed by atoms with Gasteiger partial charge in [-0.25, -0.2) is 0 Å². The summed E-state index contributed by atoms with van der Waals surface area (Å²) in [7, 11) is 0. The molecule has 0 spiro atoms. The van der Waals surface area contributed by atoms with Gasteiger partial charge in [0.25, 0.3) is 0 Å². The molecule has 0 amide bonds. The molecule has 0 saturated carbocycles. The van der Waals surface area contributed by atoms with Gasteiger partial charge < -0.3 is 19.6 Å². The van der Waals surface area contributed by atoms with Crippen molar-refractivity contribution in [2.75, 3.05) is 78.5 Å². The lowest BCUT2D eigenvalue weighted by atomic mass is 10.1. The molecule has 36 heavy (non-hydrogen) atoms. The van der Waals surface area contributed by atoms with E-state index in [-0.39, 0.29) is 0 Å². The molecule has 0 aromatic rings. The smallest absolute Gasteiger partial charge is 0.00183 e. The van der Waals surface area contributed by atoms with Crippen LogP contribution in [0.5, 0.6) is 0 Å². The van der Waals surface area contributed by atoms with E-state index in [9.17, 15) is 0 Å². The van der Waals surface area contributed by atoms with Gasteiger partial charge in [0.2, 0.25) is 0 Å². The summed E-state index contributed by atoms with van der Waals surface area (Å²) in [5.74, 6) is 0. The van der Waals surface area contributed by atoms with Crippen LogP contribution >= 0.6 is 0 Å². The number of hydrogen-bond acceptors (Lipinski definition) is 4. The predicted octanol–water partition coefficient (Wildman–Crippen LogP) is 7.53. The van der Waals surface area contributed by atoms with Gasteiger partial charge >= 0.3 is 0 Å². The van der Waals surface area contributed by atoms with Crippen LogP contribution in [-0.4, -0.2) is 98.1 Å². The Hall–Kier alpha value is -0.160. The van der Waals surface area contributed by atoms with Gasteiger partial charge in [-0.15, -0.1) is 0 Å². The summed E-state index contributed by atoms with van der Waals surface area (Å²) >= 11 is 0. The molecule has 0 aromatic carbocycles. The summed E-state index contributed by atoms with van der Waals surface area (Å²) in [5.41, 5.74) is 0. The van der Waals surface area contributed by atoms with Crippen molar-refractivity contribution in [2.45, 2.75) is 130 Å². The summed E-state index contributed by atoms with van der Waals surface area (Å²) in [6, 6.07) is 0. The Bertz CT molecular complexity index is 417. The number of hydrogen-bond donors (Lipinski definition) is 0. The fourth-order valence-electron chi connectivity index (χ4n) is 5.77. The van der Waals surface area contributed by atoms with E-state index in [4.69, 9.17) is 0 Å². The Kier molecular flexibility index (Phi) is 23.6. The first-order valence-electron chi connectivity index (χ1n) is 16.6. The van der Waals surface area contributed by atoms with Crippen LogP contribution in [0, 0.1) is 0 Å². The van der Waals surface area contributed by atoms with E-state index in [0.29, 0.717) is 0 Å². The Morgan fingerprint density at radius 1 is 0.306 bits per heavy atom. The predicted molar refractivity (Wildman–Crippen MR) is 162 cm³/mol. The highest BCUT2D eigenvalue weighted by molar-refractivity contribution is 4.66. The van der Waals surface area contributed by atoms with E-state index in [1.807, 2.05) is 0 Å². The minimum atomic E-state index is 1.32. The van der Waals surface area contributed by atoms with E-state index in [2.05, 4.69) is 47.3 Å². The molecular weight excluding hydrogens is 440 g/mol. The van der Waals surface area contributed by atoms with Crippen molar-refractivity contribution in [3.8, 4) is 0 Å². The van der Waals surface area contributed by atoms with Crippen LogP contribution in [0.15, 0.2) is 0 Å². The van der Waals surface area contributed by atoms with Crippen molar-refractivity contribution in [3.63, 3.8) is 0 Å². The SMILES string of the molecule is CCCCN1CCCC1.CCCCN1CCCCC1.CCCN1CCCC1.CCCN1CCCCC1. The van der Waals surface area contributed by atoms with Crippen molar-refractivity contribution in [3.05, 3.63) is 0 Å². The van der Waals surface area contributed by atoms with E-state index >= 15 is 0 Å². The molecule has 0 aliphatic carbocycles. The Morgan fingerprint density at radius 3 is 0.806 bits per heavy atom. The van der Waals surface area contributed by atoms with Gasteiger partial charge in [0.1, 0.15) is 0 Å². The van der Waals surface area contributed by atoms with Gasteiger partial charge in [0.05, 0.1) is 0 Å². The highest BCUT2D eigenvalue weighted by atomic mass is 15.1. The first kappa shape index (κ1) is 33.9. The lowest BCUT2D eigenvalue weighted by Gasteiger charge is -2.25. The Labute approximate surface area is 228 Å². The van der Waals surface area contributed by atoms with Crippen LogP contribution in [0.2, 0.25) is 0 Å². The molecule has 0 unspecified atom stereocenters. The van der Waals surface area contributed by atoms with Crippen LogP contribution in [-0.2, 0) is 0 Å². The average molecular weight is 509 g/mol. The molecule has 0 atom stereocenters. The van der Waals surface area contributed by atoms with E-state index in [1.165, 1.54) is 181 Å². The summed E-state index contributed by atoms with van der Waals surface area (Å²) in [6.07, 6.45) is 22.5. The van der Waals surface area contributed by atoms with Gasteiger partial charge in [-0.05, 0) is 156 Å². The van der Waals surface area contributed by atoms with E-state index in [1.54, 1.807) is 0 Å². The number of nitrogens with zero attached hydrogens (tertiary/aromatic N) is 4. The molecule has 4 heterocycles. The maximum Gasteiger partial charge on any atom is -0.00183 e. The van der Waals surface area contributed by atoms with Gasteiger partial charge in [0.15, 0.2) is 0 Å². The minimum absolute atomic E-state index is 1.32. The topological polar surface area (TPSA) is 13.0 Å². The normalized spacial score (nSPS) is 21.7. The molecule has 4 saturated heterocycles. The van der Waals surface area contributed by atoms with Crippen LogP contribution in [0.1, 0.15) is 130 Å². The summed E-state index contributed by atoms with van der Waals surface area (Å²) in [5, 5.41) is 0. The zero-order valence-electron chi connectivity index (χ0n) is 25.6. The third kappa shape index (κ3) is 19.0. The number of likely N-dealkylation sites (tertiary alicyclic amines) is 4. The minimum Gasteiger partial charge on any atom is -0.303 e. The molecule has 216 valence electrons. The van der Waals surface area contributed by atoms with Crippen LogP contribution < -0.4 is 0 Å². The lowest BCUT2D eigenvalue weighted by molar-refractivity contribution is 0.226. The maximum atomic E-state index is 2.60. The quantitative estimate of drug-likeness (QED) is 0.302. The van der Waals surface area contributed by atoms with Gasteiger partial charge in [-0.3, -0.25) is 0 Å². The molecule has 4 rings (SSSR count). The second-order valence-corrected chi connectivity index (χ2v) is 11.6. The maximum absolute atomic E-state index is 2.60. The third-order valence-corrected chi connectivity index (χ3v) is 8.03. The second-order valence-electron chi connectivity index (χ2n) is 11.6. The van der Waals surface area contributed by atoms with Crippen molar-refractivity contribution in [1.82, 2.24) is 19.6 Å². The van der Waals surface area contributed by atoms with Crippen LogP contribution in [0.3, 0.4) is 0 Å². The Balaban J connectivity index is 0.000000241. The van der Waals surface area contributed by atoms with E-state index < -0.39 is 0 Å². The standard InChI is InChI=1S/C9H19N.2C8H17N.C7H15N/c1-2-3-7-10-8-5-4-6-9-10;1-2-6-9-7-4-3-5-8-9;1-2-3-6-9-7-4-5-8-9;1-2-5-8-6-3-4-7-8/h2-9H2,1H3;2*2-8H2,1H3;2-7H2,1H3.